The summed E-state index contributed by atoms with van der Waals surface area (Å²) in [4.78, 5) is 6.25. The van der Waals surface area contributed by atoms with Crippen molar-refractivity contribution in [3.05, 3.63) is 58.7 Å². The molecule has 0 saturated carbocycles. The lowest BCUT2D eigenvalue weighted by Gasteiger charge is -2.25. The van der Waals surface area contributed by atoms with Crippen LogP contribution in [-0.4, -0.2) is 16.9 Å². The molecule has 1 heterocycles. The minimum atomic E-state index is 0.285. The quantitative estimate of drug-likeness (QED) is 0.928. The largest absolute Gasteiger partial charge is 0.384 e. The van der Waals surface area contributed by atoms with Gasteiger partial charge in [0.05, 0.1) is 0 Å². The first-order valence-electron chi connectivity index (χ1n) is 6.22. The lowest BCUT2D eigenvalue weighted by Crippen LogP contribution is -2.22. The van der Waals surface area contributed by atoms with Crippen LogP contribution in [0, 0.1) is 0 Å². The van der Waals surface area contributed by atoms with Crippen molar-refractivity contribution < 1.29 is 0 Å². The molecular weight excluding hydrogens is 258 g/mol. The normalized spacial score (nSPS) is 12.6. The number of nitrogens with zero attached hydrogens (tertiary/aromatic N) is 2. The molecule has 0 aliphatic rings. The van der Waals surface area contributed by atoms with Gasteiger partial charge in [-0.25, -0.2) is 4.98 Å². The van der Waals surface area contributed by atoms with Crippen LogP contribution < -0.4 is 5.73 Å². The van der Waals surface area contributed by atoms with Crippen LogP contribution in [0.15, 0.2) is 42.6 Å². The summed E-state index contributed by atoms with van der Waals surface area (Å²) in [6.45, 7) is 2.98. The fourth-order valence-corrected chi connectivity index (χ4v) is 2.24. The highest BCUT2D eigenvalue weighted by Gasteiger charge is 2.12. The van der Waals surface area contributed by atoms with E-state index in [-0.39, 0.29) is 6.04 Å². The Kier molecular flexibility index (Phi) is 4.40. The zero-order chi connectivity index (χ0) is 13.8. The first-order chi connectivity index (χ1) is 9.06. The molecule has 0 bridgehead atoms. The SMILES string of the molecule is CC(c1cccc(Cl)c1)N(C)Cc1ccnc(N)c1. The van der Waals surface area contributed by atoms with E-state index in [2.05, 4.69) is 29.9 Å². The topological polar surface area (TPSA) is 42.2 Å². The molecule has 1 aromatic carbocycles. The zero-order valence-corrected chi connectivity index (χ0v) is 11.9. The molecule has 0 aliphatic carbocycles. The third kappa shape index (κ3) is 3.69. The van der Waals surface area contributed by atoms with Crippen LogP contribution in [0.2, 0.25) is 5.02 Å². The van der Waals surface area contributed by atoms with Crippen LogP contribution in [0.5, 0.6) is 0 Å². The van der Waals surface area contributed by atoms with Crippen molar-refractivity contribution in [2.24, 2.45) is 0 Å². The van der Waals surface area contributed by atoms with E-state index in [1.807, 2.05) is 30.3 Å². The number of aromatic nitrogens is 1. The molecule has 4 heteroatoms. The van der Waals surface area contributed by atoms with Crippen LogP contribution in [-0.2, 0) is 6.54 Å². The van der Waals surface area contributed by atoms with Gasteiger partial charge in [-0.1, -0.05) is 23.7 Å². The molecule has 0 fully saturated rings. The number of halogens is 1. The summed E-state index contributed by atoms with van der Waals surface area (Å²) < 4.78 is 0. The predicted molar refractivity (Wildman–Crippen MR) is 80.0 cm³/mol. The molecule has 1 unspecified atom stereocenters. The Morgan fingerprint density at radius 1 is 1.32 bits per heavy atom. The highest BCUT2D eigenvalue weighted by atomic mass is 35.5. The molecule has 2 rings (SSSR count). The number of benzene rings is 1. The fraction of sp³-hybridized carbons (Fsp3) is 0.267. The smallest absolute Gasteiger partial charge is 0.123 e. The van der Waals surface area contributed by atoms with E-state index in [1.54, 1.807) is 6.20 Å². The molecule has 0 amide bonds. The van der Waals surface area contributed by atoms with Crippen molar-refractivity contribution in [1.29, 1.82) is 0 Å². The van der Waals surface area contributed by atoms with Crippen molar-refractivity contribution in [2.45, 2.75) is 19.5 Å². The van der Waals surface area contributed by atoms with Crippen molar-refractivity contribution in [2.75, 3.05) is 12.8 Å². The van der Waals surface area contributed by atoms with Gasteiger partial charge in [0.2, 0.25) is 0 Å². The Hall–Kier alpha value is -1.58. The van der Waals surface area contributed by atoms with Gasteiger partial charge in [0.1, 0.15) is 5.82 Å². The Morgan fingerprint density at radius 3 is 2.79 bits per heavy atom. The number of pyridine rings is 1. The molecule has 0 aliphatic heterocycles. The Labute approximate surface area is 119 Å². The summed E-state index contributed by atoms with van der Waals surface area (Å²) in [5.74, 6) is 0.557. The number of nitrogen functional groups attached to an aromatic ring is 1. The molecule has 0 radical (unpaired) electrons. The van der Waals surface area contributed by atoms with Gasteiger partial charge < -0.3 is 5.73 Å². The van der Waals surface area contributed by atoms with E-state index in [4.69, 9.17) is 17.3 Å². The molecule has 100 valence electrons. The first kappa shape index (κ1) is 13.8. The van der Waals surface area contributed by atoms with Gasteiger partial charge in [-0.2, -0.15) is 0 Å². The monoisotopic (exact) mass is 275 g/mol. The second-order valence-corrected chi connectivity index (χ2v) is 5.17. The van der Waals surface area contributed by atoms with Crippen LogP contribution in [0.3, 0.4) is 0 Å². The molecule has 3 nitrogen and oxygen atoms in total. The Morgan fingerprint density at radius 2 is 2.11 bits per heavy atom. The van der Waals surface area contributed by atoms with Gasteiger partial charge in [-0.05, 0) is 49.4 Å². The number of hydrogen-bond donors (Lipinski definition) is 1. The van der Waals surface area contributed by atoms with Crippen LogP contribution in [0.4, 0.5) is 5.82 Å². The van der Waals surface area contributed by atoms with E-state index >= 15 is 0 Å². The zero-order valence-electron chi connectivity index (χ0n) is 11.2. The minimum absolute atomic E-state index is 0.285. The summed E-state index contributed by atoms with van der Waals surface area (Å²) in [5, 5.41) is 0.769. The molecule has 1 atom stereocenters. The Bertz CT molecular complexity index is 557. The Balaban J connectivity index is 2.09. The third-order valence-electron chi connectivity index (χ3n) is 3.27. The highest BCUT2D eigenvalue weighted by Crippen LogP contribution is 2.23. The average Bonchev–Trinajstić information content (AvgIpc) is 2.38. The molecule has 0 saturated heterocycles. The molecule has 2 aromatic rings. The highest BCUT2D eigenvalue weighted by molar-refractivity contribution is 6.30. The molecular formula is C15H18ClN3. The number of rotatable bonds is 4. The summed E-state index contributed by atoms with van der Waals surface area (Å²) in [6, 6.07) is 12.1. The molecule has 0 spiro atoms. The summed E-state index contributed by atoms with van der Waals surface area (Å²) >= 11 is 6.03. The average molecular weight is 276 g/mol. The second-order valence-electron chi connectivity index (χ2n) is 4.74. The van der Waals surface area contributed by atoms with Crippen LogP contribution in [0.1, 0.15) is 24.1 Å². The van der Waals surface area contributed by atoms with Crippen LogP contribution >= 0.6 is 11.6 Å². The lowest BCUT2D eigenvalue weighted by molar-refractivity contribution is 0.253. The standard InChI is InChI=1S/C15H18ClN3/c1-11(13-4-3-5-14(16)9-13)19(2)10-12-6-7-18-15(17)8-12/h3-9,11H,10H2,1-2H3,(H2,17,18). The van der Waals surface area contributed by atoms with E-state index in [9.17, 15) is 0 Å². The van der Waals surface area contributed by atoms with Gasteiger partial charge in [-0.15, -0.1) is 0 Å². The molecule has 1 aromatic heterocycles. The molecule has 2 N–H and O–H groups in total. The predicted octanol–water partition coefficient (Wildman–Crippen LogP) is 3.51. The van der Waals surface area contributed by atoms with E-state index in [0.717, 1.165) is 17.1 Å². The third-order valence-corrected chi connectivity index (χ3v) is 3.50. The number of anilines is 1. The summed E-state index contributed by atoms with van der Waals surface area (Å²) in [7, 11) is 2.09. The fourth-order valence-electron chi connectivity index (χ4n) is 2.04. The van der Waals surface area contributed by atoms with Gasteiger partial charge >= 0.3 is 0 Å². The van der Waals surface area contributed by atoms with Crippen molar-refractivity contribution >= 4 is 17.4 Å². The minimum Gasteiger partial charge on any atom is -0.384 e. The molecule has 19 heavy (non-hydrogen) atoms. The second kappa shape index (κ2) is 6.04. The van der Waals surface area contributed by atoms with Gasteiger partial charge in [0.25, 0.3) is 0 Å². The van der Waals surface area contributed by atoms with Crippen LogP contribution in [0.25, 0.3) is 0 Å². The first-order valence-corrected chi connectivity index (χ1v) is 6.60. The number of nitrogens with two attached hydrogens (primary N) is 1. The van der Waals surface area contributed by atoms with Gasteiger partial charge in [-0.3, -0.25) is 4.90 Å². The van der Waals surface area contributed by atoms with Gasteiger partial charge in [0, 0.05) is 23.8 Å². The van der Waals surface area contributed by atoms with Crippen molar-refractivity contribution in [1.82, 2.24) is 9.88 Å². The maximum absolute atomic E-state index is 6.03. The number of hydrogen-bond acceptors (Lipinski definition) is 3. The maximum atomic E-state index is 6.03. The summed E-state index contributed by atoms with van der Waals surface area (Å²) in [5.41, 5.74) is 8.06. The van der Waals surface area contributed by atoms with E-state index < -0.39 is 0 Å². The van der Waals surface area contributed by atoms with Gasteiger partial charge in [0.15, 0.2) is 0 Å². The van der Waals surface area contributed by atoms with E-state index in [1.165, 1.54) is 5.56 Å². The van der Waals surface area contributed by atoms with Crippen molar-refractivity contribution in [3.63, 3.8) is 0 Å². The lowest BCUT2D eigenvalue weighted by atomic mass is 10.1. The van der Waals surface area contributed by atoms with Crippen molar-refractivity contribution in [3.8, 4) is 0 Å². The maximum Gasteiger partial charge on any atom is 0.123 e. The summed E-state index contributed by atoms with van der Waals surface area (Å²) in [6.07, 6.45) is 1.74. The van der Waals surface area contributed by atoms with E-state index in [0.29, 0.717) is 5.82 Å².